The first-order valence-corrected chi connectivity index (χ1v) is 8.41. The van der Waals surface area contributed by atoms with Gasteiger partial charge in [0.2, 0.25) is 0 Å². The van der Waals surface area contributed by atoms with Crippen molar-refractivity contribution < 1.29 is 23.8 Å². The van der Waals surface area contributed by atoms with E-state index in [9.17, 15) is 9.59 Å². The lowest BCUT2D eigenvalue weighted by atomic mass is 10.1. The lowest BCUT2D eigenvalue weighted by Crippen LogP contribution is -2.28. The van der Waals surface area contributed by atoms with Gasteiger partial charge in [-0.3, -0.25) is 4.79 Å². The molecule has 0 heterocycles. The van der Waals surface area contributed by atoms with Gasteiger partial charge in [0, 0.05) is 12.6 Å². The maximum Gasteiger partial charge on any atom is 0.331 e. The molecular weight excluding hydrogens is 346 g/mol. The van der Waals surface area contributed by atoms with Gasteiger partial charge in [0.05, 0.1) is 14.2 Å². The zero-order chi connectivity index (χ0) is 19.6. The van der Waals surface area contributed by atoms with Crippen LogP contribution in [0, 0.1) is 6.92 Å². The van der Waals surface area contributed by atoms with Crippen molar-refractivity contribution in [2.24, 2.45) is 0 Å². The van der Waals surface area contributed by atoms with Gasteiger partial charge in [-0.15, -0.1) is 0 Å². The van der Waals surface area contributed by atoms with Crippen molar-refractivity contribution in [1.29, 1.82) is 0 Å². The average molecular weight is 369 g/mol. The van der Waals surface area contributed by atoms with E-state index < -0.39 is 5.97 Å². The predicted octanol–water partition coefficient (Wildman–Crippen LogP) is 2.89. The monoisotopic (exact) mass is 369 g/mol. The Morgan fingerprint density at radius 2 is 1.78 bits per heavy atom. The highest BCUT2D eigenvalue weighted by molar-refractivity contribution is 5.89. The molecule has 0 aromatic heterocycles. The Kier molecular flexibility index (Phi) is 7.43. The molecule has 1 amide bonds. The van der Waals surface area contributed by atoms with Crippen molar-refractivity contribution in [2.75, 3.05) is 20.8 Å². The smallest absolute Gasteiger partial charge is 0.331 e. The Balaban J connectivity index is 1.79. The molecule has 2 aromatic rings. The van der Waals surface area contributed by atoms with Crippen molar-refractivity contribution in [3.63, 3.8) is 0 Å². The van der Waals surface area contributed by atoms with Crippen LogP contribution in [0.2, 0.25) is 0 Å². The van der Waals surface area contributed by atoms with Crippen molar-refractivity contribution in [3.8, 4) is 11.5 Å². The van der Waals surface area contributed by atoms with Gasteiger partial charge in [-0.1, -0.05) is 30.3 Å². The van der Waals surface area contributed by atoms with E-state index in [2.05, 4.69) is 5.32 Å². The number of aryl methyl sites for hydroxylation is 1. The van der Waals surface area contributed by atoms with Gasteiger partial charge in [0.1, 0.15) is 0 Å². The molecule has 0 bridgehead atoms. The van der Waals surface area contributed by atoms with Gasteiger partial charge in [-0.05, 0) is 41.8 Å². The molecule has 0 radical (unpaired) electrons. The quantitative estimate of drug-likeness (QED) is 0.572. The van der Waals surface area contributed by atoms with E-state index in [1.54, 1.807) is 32.4 Å². The Bertz CT molecular complexity index is 829. The van der Waals surface area contributed by atoms with Crippen LogP contribution in [0.1, 0.15) is 16.7 Å². The predicted molar refractivity (Wildman–Crippen MR) is 103 cm³/mol. The summed E-state index contributed by atoms with van der Waals surface area (Å²) in [5, 5.41) is 2.69. The fourth-order valence-corrected chi connectivity index (χ4v) is 2.36. The molecule has 0 atom stereocenters. The Morgan fingerprint density at radius 1 is 1.04 bits per heavy atom. The van der Waals surface area contributed by atoms with E-state index in [0.717, 1.165) is 16.7 Å². The topological polar surface area (TPSA) is 73.9 Å². The molecular formula is C21H23NO5. The molecule has 0 fully saturated rings. The summed E-state index contributed by atoms with van der Waals surface area (Å²) < 4.78 is 15.3. The van der Waals surface area contributed by atoms with Crippen LogP contribution in [-0.2, 0) is 20.9 Å². The maximum absolute atomic E-state index is 11.9. The summed E-state index contributed by atoms with van der Waals surface area (Å²) in [5.74, 6) is 0.237. The van der Waals surface area contributed by atoms with Crippen LogP contribution >= 0.6 is 0 Å². The van der Waals surface area contributed by atoms with E-state index in [1.807, 2.05) is 37.3 Å². The second-order valence-corrected chi connectivity index (χ2v) is 5.76. The van der Waals surface area contributed by atoms with Crippen molar-refractivity contribution >= 4 is 18.0 Å². The summed E-state index contributed by atoms with van der Waals surface area (Å²) in [6, 6.07) is 13.0. The standard InChI is InChI=1S/C21H23NO5/c1-15-6-4-5-7-17(15)9-11-21(24)27-14-20(23)22-13-16-8-10-18(25-2)19(12-16)26-3/h4-12H,13-14H2,1-3H3,(H,22,23)/b11-9+. The van der Waals surface area contributed by atoms with Crippen LogP contribution < -0.4 is 14.8 Å². The van der Waals surface area contributed by atoms with E-state index in [4.69, 9.17) is 14.2 Å². The second kappa shape index (κ2) is 10.0. The molecule has 6 heteroatoms. The molecule has 2 aromatic carbocycles. The number of hydrogen-bond donors (Lipinski definition) is 1. The van der Waals surface area contributed by atoms with Crippen molar-refractivity contribution in [3.05, 3.63) is 65.2 Å². The lowest BCUT2D eigenvalue weighted by molar-refractivity contribution is -0.143. The summed E-state index contributed by atoms with van der Waals surface area (Å²) in [4.78, 5) is 23.6. The molecule has 0 aliphatic rings. The second-order valence-electron chi connectivity index (χ2n) is 5.76. The number of hydrogen-bond acceptors (Lipinski definition) is 5. The Hall–Kier alpha value is -3.28. The highest BCUT2D eigenvalue weighted by Gasteiger charge is 2.08. The SMILES string of the molecule is COc1ccc(CNC(=O)COC(=O)/C=C/c2ccccc2C)cc1OC. The molecule has 1 N–H and O–H groups in total. The number of nitrogens with one attached hydrogen (secondary N) is 1. The molecule has 27 heavy (non-hydrogen) atoms. The molecule has 0 aliphatic carbocycles. The van der Waals surface area contributed by atoms with Gasteiger partial charge in [0.15, 0.2) is 18.1 Å². The van der Waals surface area contributed by atoms with Gasteiger partial charge in [0.25, 0.3) is 5.91 Å². The molecule has 0 unspecified atom stereocenters. The molecule has 0 aliphatic heterocycles. The fourth-order valence-electron chi connectivity index (χ4n) is 2.36. The summed E-state index contributed by atoms with van der Waals surface area (Å²) in [5.41, 5.74) is 2.81. The molecule has 0 saturated heterocycles. The zero-order valence-corrected chi connectivity index (χ0v) is 15.7. The van der Waals surface area contributed by atoms with Crippen LogP contribution in [0.3, 0.4) is 0 Å². The minimum Gasteiger partial charge on any atom is -0.493 e. The molecule has 142 valence electrons. The first kappa shape index (κ1) is 20.0. The third kappa shape index (κ3) is 6.18. The molecule has 0 spiro atoms. The number of methoxy groups -OCH3 is 2. The normalized spacial score (nSPS) is 10.5. The van der Waals surface area contributed by atoms with E-state index in [1.165, 1.54) is 6.08 Å². The van der Waals surface area contributed by atoms with Crippen LogP contribution in [0.15, 0.2) is 48.5 Å². The number of benzene rings is 2. The third-order valence-electron chi connectivity index (χ3n) is 3.87. The maximum atomic E-state index is 11.9. The number of carbonyl (C=O) groups excluding carboxylic acids is 2. The minimum atomic E-state index is -0.570. The zero-order valence-electron chi connectivity index (χ0n) is 15.7. The first-order chi connectivity index (χ1) is 13.0. The molecule has 2 rings (SSSR count). The third-order valence-corrected chi connectivity index (χ3v) is 3.87. The number of esters is 1. The largest absolute Gasteiger partial charge is 0.493 e. The van der Waals surface area contributed by atoms with Crippen molar-refractivity contribution in [2.45, 2.75) is 13.5 Å². The van der Waals surface area contributed by atoms with Gasteiger partial charge >= 0.3 is 5.97 Å². The molecule has 6 nitrogen and oxygen atoms in total. The summed E-state index contributed by atoms with van der Waals surface area (Å²) in [7, 11) is 3.10. The number of rotatable bonds is 8. The fraction of sp³-hybridized carbons (Fsp3) is 0.238. The highest BCUT2D eigenvalue weighted by Crippen LogP contribution is 2.27. The summed E-state index contributed by atoms with van der Waals surface area (Å²) >= 11 is 0. The first-order valence-electron chi connectivity index (χ1n) is 8.41. The van der Waals surface area contributed by atoms with Gasteiger partial charge in [-0.2, -0.15) is 0 Å². The van der Waals surface area contributed by atoms with E-state index in [-0.39, 0.29) is 19.1 Å². The Morgan fingerprint density at radius 3 is 2.48 bits per heavy atom. The van der Waals surface area contributed by atoms with Crippen LogP contribution in [-0.4, -0.2) is 32.7 Å². The van der Waals surface area contributed by atoms with Crippen LogP contribution in [0.5, 0.6) is 11.5 Å². The van der Waals surface area contributed by atoms with Gasteiger partial charge in [-0.25, -0.2) is 4.79 Å². The van der Waals surface area contributed by atoms with Crippen molar-refractivity contribution in [1.82, 2.24) is 5.32 Å². The average Bonchev–Trinajstić information content (AvgIpc) is 2.69. The van der Waals surface area contributed by atoms with Gasteiger partial charge < -0.3 is 19.5 Å². The summed E-state index contributed by atoms with van der Waals surface area (Å²) in [6.07, 6.45) is 2.98. The highest BCUT2D eigenvalue weighted by atomic mass is 16.5. The van der Waals surface area contributed by atoms with E-state index in [0.29, 0.717) is 11.5 Å². The molecule has 0 saturated carbocycles. The van der Waals surface area contributed by atoms with Crippen LogP contribution in [0.25, 0.3) is 6.08 Å². The lowest BCUT2D eigenvalue weighted by Gasteiger charge is -2.10. The summed E-state index contributed by atoms with van der Waals surface area (Å²) in [6.45, 7) is 1.90. The van der Waals surface area contributed by atoms with E-state index >= 15 is 0 Å². The number of amides is 1. The Labute approximate surface area is 158 Å². The van der Waals surface area contributed by atoms with Crippen LogP contribution in [0.4, 0.5) is 0 Å². The number of carbonyl (C=O) groups is 2. The number of ether oxygens (including phenoxy) is 3. The minimum absolute atomic E-state index is 0.287.